The second-order valence-electron chi connectivity index (χ2n) is 3.90. The summed E-state index contributed by atoms with van der Waals surface area (Å²) >= 11 is 0. The van der Waals surface area contributed by atoms with Crippen LogP contribution in [0.15, 0.2) is 0 Å². The topological polar surface area (TPSA) is 30.7 Å². The molecule has 1 N–H and O–H groups in total. The van der Waals surface area contributed by atoms with Crippen LogP contribution in [0.2, 0.25) is 0 Å². The third-order valence-corrected chi connectivity index (χ3v) is 2.12. The van der Waals surface area contributed by atoms with Gasteiger partial charge in [0.05, 0.1) is 13.1 Å². The largest absolute Gasteiger partial charge is 0.634 e. The van der Waals surface area contributed by atoms with Gasteiger partial charge in [-0.1, -0.05) is 13.3 Å². The van der Waals surface area contributed by atoms with Crippen molar-refractivity contribution in [2.24, 2.45) is 0 Å². The highest BCUT2D eigenvalue weighted by Gasteiger charge is 1.97. The number of hydrogen-bond acceptors (Lipinski definition) is 2. The van der Waals surface area contributed by atoms with Crippen molar-refractivity contribution in [2.45, 2.75) is 32.6 Å². The lowest BCUT2D eigenvalue weighted by Gasteiger charge is -2.22. The molecular weight excluding hydrogens is 164 g/mol. The minimum atomic E-state index is 0.440. The van der Waals surface area contributed by atoms with Gasteiger partial charge in [-0.15, -0.1) is 0 Å². The molecule has 0 aromatic heterocycles. The summed E-state index contributed by atoms with van der Waals surface area (Å²) in [6.45, 7) is 4.75. The van der Waals surface area contributed by atoms with E-state index >= 15 is 0 Å². The van der Waals surface area contributed by atoms with Crippen molar-refractivity contribution in [1.82, 2.24) is 4.90 Å². The number of quaternary nitrogens is 1. The first-order valence-corrected chi connectivity index (χ1v) is 5.33. The molecule has 0 aliphatic heterocycles. The molecule has 0 rings (SSSR count). The van der Waals surface area contributed by atoms with Gasteiger partial charge < -0.3 is 15.2 Å². The second kappa shape index (κ2) is 8.48. The summed E-state index contributed by atoms with van der Waals surface area (Å²) in [5.74, 6) is 0. The molecule has 0 aliphatic rings. The molecule has 80 valence electrons. The van der Waals surface area contributed by atoms with Gasteiger partial charge >= 0.3 is 0 Å². The number of nitrogens with one attached hydrogen (secondary N) is 1. The van der Waals surface area contributed by atoms with Crippen LogP contribution in [0.3, 0.4) is 0 Å². The number of hydrogen-bond donors (Lipinski definition) is 1. The van der Waals surface area contributed by atoms with Gasteiger partial charge in [-0.2, -0.15) is 0 Å². The van der Waals surface area contributed by atoms with E-state index in [1.807, 2.05) is 14.1 Å². The fraction of sp³-hybridized carbons (Fsp3) is 1.00. The van der Waals surface area contributed by atoms with Gasteiger partial charge in [0.2, 0.25) is 0 Å². The van der Waals surface area contributed by atoms with E-state index < -0.39 is 0 Å². The molecular formula is C10H24N2O. The highest BCUT2D eigenvalue weighted by atomic mass is 16.5. The van der Waals surface area contributed by atoms with E-state index in [0.717, 1.165) is 32.5 Å². The van der Waals surface area contributed by atoms with Crippen LogP contribution in [0.5, 0.6) is 0 Å². The summed E-state index contributed by atoms with van der Waals surface area (Å²) in [5.41, 5.74) is 0. The van der Waals surface area contributed by atoms with Crippen LogP contribution >= 0.6 is 0 Å². The Morgan fingerprint density at radius 1 is 1.08 bits per heavy atom. The highest BCUT2D eigenvalue weighted by Crippen LogP contribution is 1.89. The maximum Gasteiger partial charge on any atom is 0.0780 e. The number of rotatable bonds is 8. The standard InChI is InChI=1S/C10H24N2O/c1-4-5-6-9-12(13)10-7-8-11(2)3/h12H,4-10H2,1-3H3. The fourth-order valence-electron chi connectivity index (χ4n) is 1.29. The average Bonchev–Trinajstić information content (AvgIpc) is 2.04. The third kappa shape index (κ3) is 9.80. The Labute approximate surface area is 82.3 Å². The molecule has 0 aromatic carbocycles. The summed E-state index contributed by atoms with van der Waals surface area (Å²) in [5, 5.41) is 11.7. The molecule has 0 saturated heterocycles. The normalized spacial score (nSPS) is 13.6. The quantitative estimate of drug-likeness (QED) is 0.444. The van der Waals surface area contributed by atoms with Gasteiger partial charge in [0.15, 0.2) is 0 Å². The number of hydroxylamine groups is 2. The monoisotopic (exact) mass is 188 g/mol. The first-order chi connectivity index (χ1) is 6.16. The van der Waals surface area contributed by atoms with Crippen LogP contribution in [0.4, 0.5) is 0 Å². The second-order valence-corrected chi connectivity index (χ2v) is 3.90. The van der Waals surface area contributed by atoms with E-state index in [-0.39, 0.29) is 0 Å². The Balaban J connectivity index is 3.15. The summed E-state index contributed by atoms with van der Waals surface area (Å²) in [4.78, 5) is 2.12. The summed E-state index contributed by atoms with van der Waals surface area (Å²) in [7, 11) is 4.09. The smallest absolute Gasteiger partial charge is 0.0780 e. The maximum atomic E-state index is 11.3. The summed E-state index contributed by atoms with van der Waals surface area (Å²) in [6.07, 6.45) is 4.49. The Morgan fingerprint density at radius 3 is 2.23 bits per heavy atom. The van der Waals surface area contributed by atoms with E-state index in [9.17, 15) is 5.21 Å². The molecule has 3 nitrogen and oxygen atoms in total. The van der Waals surface area contributed by atoms with Gasteiger partial charge in [0.25, 0.3) is 0 Å². The predicted octanol–water partition coefficient (Wildman–Crippen LogP) is 0.511. The zero-order valence-electron chi connectivity index (χ0n) is 9.31. The van der Waals surface area contributed by atoms with Crippen LogP contribution in [0.25, 0.3) is 0 Å². The van der Waals surface area contributed by atoms with Crippen molar-refractivity contribution < 1.29 is 5.06 Å². The van der Waals surface area contributed by atoms with Gasteiger partial charge in [-0.3, -0.25) is 0 Å². The minimum absolute atomic E-state index is 0.440. The van der Waals surface area contributed by atoms with Crippen molar-refractivity contribution in [1.29, 1.82) is 0 Å². The SMILES string of the molecule is CCCCC[NH+]([O-])CCCN(C)C. The van der Waals surface area contributed by atoms with Crippen LogP contribution < -0.4 is 5.06 Å². The Hall–Kier alpha value is -0.120. The lowest BCUT2D eigenvalue weighted by atomic mass is 10.2. The molecule has 0 amide bonds. The van der Waals surface area contributed by atoms with Crippen molar-refractivity contribution >= 4 is 0 Å². The molecule has 0 spiro atoms. The highest BCUT2D eigenvalue weighted by molar-refractivity contribution is 4.42. The lowest BCUT2D eigenvalue weighted by molar-refractivity contribution is -0.848. The lowest BCUT2D eigenvalue weighted by Crippen LogP contribution is -3.07. The first-order valence-electron chi connectivity index (χ1n) is 5.33. The van der Waals surface area contributed by atoms with Crippen LogP contribution in [-0.4, -0.2) is 38.6 Å². The summed E-state index contributed by atoms with van der Waals surface area (Å²) in [6, 6.07) is 0. The Kier molecular flexibility index (Phi) is 8.40. The van der Waals surface area contributed by atoms with Crippen molar-refractivity contribution in [3.63, 3.8) is 0 Å². The average molecular weight is 188 g/mol. The van der Waals surface area contributed by atoms with Gasteiger partial charge in [-0.05, 0) is 26.9 Å². The summed E-state index contributed by atoms with van der Waals surface area (Å²) < 4.78 is 0. The third-order valence-electron chi connectivity index (χ3n) is 2.12. The first kappa shape index (κ1) is 12.9. The van der Waals surface area contributed by atoms with Crippen LogP contribution in [-0.2, 0) is 0 Å². The molecule has 0 bridgehead atoms. The molecule has 0 aliphatic carbocycles. The molecule has 3 heteroatoms. The molecule has 1 atom stereocenters. The molecule has 0 saturated carbocycles. The fourth-order valence-corrected chi connectivity index (χ4v) is 1.29. The van der Waals surface area contributed by atoms with Gasteiger partial charge in [0, 0.05) is 13.0 Å². The molecule has 0 fully saturated rings. The van der Waals surface area contributed by atoms with E-state index in [0.29, 0.717) is 5.06 Å². The van der Waals surface area contributed by atoms with Crippen LogP contribution in [0, 0.1) is 5.21 Å². The molecule has 1 unspecified atom stereocenters. The molecule has 0 radical (unpaired) electrons. The number of nitrogens with zero attached hydrogens (tertiary/aromatic N) is 1. The number of unbranched alkanes of at least 4 members (excludes halogenated alkanes) is 2. The van der Waals surface area contributed by atoms with Crippen molar-refractivity contribution in [3.8, 4) is 0 Å². The van der Waals surface area contributed by atoms with Gasteiger partial charge in [0.1, 0.15) is 0 Å². The Bertz CT molecular complexity index is 107. The van der Waals surface area contributed by atoms with E-state index in [1.165, 1.54) is 12.8 Å². The van der Waals surface area contributed by atoms with Crippen molar-refractivity contribution in [3.05, 3.63) is 5.21 Å². The molecule has 0 heterocycles. The zero-order chi connectivity index (χ0) is 10.1. The minimum Gasteiger partial charge on any atom is -0.634 e. The maximum absolute atomic E-state index is 11.3. The Morgan fingerprint density at radius 2 is 1.69 bits per heavy atom. The predicted molar refractivity (Wildman–Crippen MR) is 56.8 cm³/mol. The van der Waals surface area contributed by atoms with Crippen LogP contribution in [0.1, 0.15) is 32.6 Å². The van der Waals surface area contributed by atoms with E-state index in [2.05, 4.69) is 11.8 Å². The van der Waals surface area contributed by atoms with Gasteiger partial charge in [-0.25, -0.2) is 0 Å². The van der Waals surface area contributed by atoms with Crippen molar-refractivity contribution in [2.75, 3.05) is 33.7 Å². The molecule has 0 aromatic rings. The zero-order valence-corrected chi connectivity index (χ0v) is 9.31. The van der Waals surface area contributed by atoms with E-state index in [1.54, 1.807) is 0 Å². The van der Waals surface area contributed by atoms with E-state index in [4.69, 9.17) is 0 Å². The molecule has 13 heavy (non-hydrogen) atoms.